The average Bonchev–Trinajstić information content (AvgIpc) is 3.27. The van der Waals surface area contributed by atoms with Crippen LogP contribution < -0.4 is 10.6 Å². The Hall–Kier alpha value is -3.01. The maximum Gasteiger partial charge on any atom is 0.393 e. The molecule has 2 N–H and O–H groups in total. The molecular weight excluding hydrogens is 483 g/mol. The zero-order valence-electron chi connectivity index (χ0n) is 19.7. The third-order valence-corrected chi connectivity index (χ3v) is 7.48. The predicted molar refractivity (Wildman–Crippen MR) is 138 cm³/mol. The van der Waals surface area contributed by atoms with Crippen LogP contribution in [0.5, 0.6) is 0 Å². The molecule has 5 rings (SSSR count). The monoisotopic (exact) mass is 511 g/mol. The van der Waals surface area contributed by atoms with Crippen LogP contribution in [-0.4, -0.2) is 46.2 Å². The smallest absolute Gasteiger partial charge is 0.365 e. The highest BCUT2D eigenvalue weighted by Crippen LogP contribution is 2.33. The fraction of sp³-hybridized carbons (Fsp3) is 0.333. The van der Waals surface area contributed by atoms with E-state index in [-0.39, 0.29) is 17.0 Å². The molecule has 9 heteroatoms. The first-order chi connectivity index (χ1) is 17.4. The van der Waals surface area contributed by atoms with Gasteiger partial charge in [0.15, 0.2) is 0 Å². The minimum absolute atomic E-state index is 0.0739. The Kier molecular flexibility index (Phi) is 7.50. The van der Waals surface area contributed by atoms with Crippen molar-refractivity contribution in [1.29, 1.82) is 0 Å². The molecular formula is C27H28F3N5S. The molecule has 2 aromatic carbocycles. The summed E-state index contributed by atoms with van der Waals surface area (Å²) < 4.78 is 38.9. The lowest BCUT2D eigenvalue weighted by Gasteiger charge is -2.40. The van der Waals surface area contributed by atoms with Gasteiger partial charge in [-0.05, 0) is 23.6 Å². The van der Waals surface area contributed by atoms with E-state index in [1.807, 2.05) is 24.3 Å². The number of likely N-dealkylation sites (tertiary alicyclic amines) is 1. The van der Waals surface area contributed by atoms with Crippen molar-refractivity contribution in [3.8, 4) is 0 Å². The molecule has 2 aromatic heterocycles. The van der Waals surface area contributed by atoms with E-state index < -0.39 is 12.6 Å². The number of anilines is 1. The van der Waals surface area contributed by atoms with Gasteiger partial charge < -0.3 is 10.6 Å². The van der Waals surface area contributed by atoms with Gasteiger partial charge >= 0.3 is 6.18 Å². The minimum atomic E-state index is -4.25. The summed E-state index contributed by atoms with van der Waals surface area (Å²) in [6.07, 6.45) is -2.90. The van der Waals surface area contributed by atoms with E-state index in [0.29, 0.717) is 16.0 Å². The number of thiophene rings is 1. The molecule has 4 aromatic rings. The summed E-state index contributed by atoms with van der Waals surface area (Å²) in [5.74, 6) is 0.595. The van der Waals surface area contributed by atoms with Crippen molar-refractivity contribution in [2.45, 2.75) is 44.2 Å². The molecule has 1 aliphatic heterocycles. The Morgan fingerprint density at radius 3 is 2.39 bits per heavy atom. The molecule has 0 aliphatic carbocycles. The summed E-state index contributed by atoms with van der Waals surface area (Å²) >= 11 is 1.08. The molecule has 0 saturated carbocycles. The van der Waals surface area contributed by atoms with E-state index in [2.05, 4.69) is 61.9 Å². The standard InChI is InChI=1S/C27H28F3N5S/c28-27(29,30)14-21-13-22-25(32-18-33-26(22)36-21)34-23-11-12-35(16-20-9-5-2-6-10-20)17-24(23)31-15-19-7-3-1-4-8-19/h1-10,13,18,23-24,31H,11-12,14-17H2,(H,32,33,34)/t23-,24-/m0/s1. The van der Waals surface area contributed by atoms with Gasteiger partial charge in [-0.2, -0.15) is 13.2 Å². The molecule has 0 unspecified atom stereocenters. The lowest BCUT2D eigenvalue weighted by atomic mass is 9.97. The molecule has 0 spiro atoms. The Morgan fingerprint density at radius 2 is 1.67 bits per heavy atom. The predicted octanol–water partition coefficient (Wildman–Crippen LogP) is 5.64. The summed E-state index contributed by atoms with van der Waals surface area (Å²) in [6.45, 7) is 3.36. The summed E-state index contributed by atoms with van der Waals surface area (Å²) in [7, 11) is 0. The van der Waals surface area contributed by atoms with Crippen LogP contribution in [0.4, 0.5) is 19.0 Å². The quantitative estimate of drug-likeness (QED) is 0.321. The second-order valence-corrected chi connectivity index (χ2v) is 10.3. The first-order valence-corrected chi connectivity index (χ1v) is 12.8. The van der Waals surface area contributed by atoms with Crippen LogP contribution in [0.15, 0.2) is 73.1 Å². The van der Waals surface area contributed by atoms with E-state index in [9.17, 15) is 13.2 Å². The first-order valence-electron chi connectivity index (χ1n) is 12.0. The molecule has 1 fully saturated rings. The largest absolute Gasteiger partial charge is 0.393 e. The van der Waals surface area contributed by atoms with E-state index in [1.165, 1.54) is 17.5 Å². The second-order valence-electron chi connectivity index (χ2n) is 9.18. The van der Waals surface area contributed by atoms with Crippen molar-refractivity contribution < 1.29 is 13.2 Å². The number of aromatic nitrogens is 2. The highest BCUT2D eigenvalue weighted by molar-refractivity contribution is 7.18. The van der Waals surface area contributed by atoms with Crippen LogP contribution in [0.3, 0.4) is 0 Å². The lowest BCUT2D eigenvalue weighted by molar-refractivity contribution is -0.126. The summed E-state index contributed by atoms with van der Waals surface area (Å²) in [4.78, 5) is 11.9. The number of rotatable bonds is 8. The summed E-state index contributed by atoms with van der Waals surface area (Å²) in [5.41, 5.74) is 2.48. The van der Waals surface area contributed by atoms with E-state index >= 15 is 0 Å². The molecule has 0 amide bonds. The van der Waals surface area contributed by atoms with Gasteiger partial charge in [0.05, 0.1) is 11.8 Å². The van der Waals surface area contributed by atoms with Gasteiger partial charge in [-0.25, -0.2) is 9.97 Å². The fourth-order valence-electron chi connectivity index (χ4n) is 4.71. The number of nitrogens with zero attached hydrogens (tertiary/aromatic N) is 3. The van der Waals surface area contributed by atoms with Gasteiger partial charge in [0.1, 0.15) is 17.0 Å². The van der Waals surface area contributed by atoms with Crippen molar-refractivity contribution in [3.63, 3.8) is 0 Å². The van der Waals surface area contributed by atoms with Crippen LogP contribution in [0.25, 0.3) is 10.2 Å². The normalized spacial score (nSPS) is 19.0. The van der Waals surface area contributed by atoms with Gasteiger partial charge in [0.25, 0.3) is 0 Å². The average molecular weight is 512 g/mol. The van der Waals surface area contributed by atoms with Crippen LogP contribution in [0.2, 0.25) is 0 Å². The van der Waals surface area contributed by atoms with Gasteiger partial charge in [-0.3, -0.25) is 4.90 Å². The van der Waals surface area contributed by atoms with Gasteiger partial charge in [0.2, 0.25) is 0 Å². The van der Waals surface area contributed by atoms with Crippen molar-refractivity contribution in [1.82, 2.24) is 20.2 Å². The minimum Gasteiger partial charge on any atom is -0.365 e. The molecule has 2 atom stereocenters. The van der Waals surface area contributed by atoms with E-state index in [4.69, 9.17) is 0 Å². The van der Waals surface area contributed by atoms with Gasteiger partial charge in [-0.1, -0.05) is 60.7 Å². The number of nitrogens with one attached hydrogen (secondary N) is 2. The zero-order valence-corrected chi connectivity index (χ0v) is 20.5. The number of halogens is 3. The Bertz CT molecular complexity index is 1260. The maximum absolute atomic E-state index is 13.0. The highest BCUT2D eigenvalue weighted by Gasteiger charge is 2.31. The van der Waals surface area contributed by atoms with Gasteiger partial charge in [-0.15, -0.1) is 11.3 Å². The maximum atomic E-state index is 13.0. The molecule has 3 heterocycles. The van der Waals surface area contributed by atoms with Crippen molar-refractivity contribution in [2.24, 2.45) is 0 Å². The third-order valence-electron chi connectivity index (χ3n) is 6.43. The fourth-order valence-corrected chi connectivity index (χ4v) is 5.74. The Morgan fingerprint density at radius 1 is 0.944 bits per heavy atom. The zero-order chi connectivity index (χ0) is 25.0. The summed E-state index contributed by atoms with van der Waals surface area (Å²) in [6, 6.07) is 22.5. The number of benzene rings is 2. The van der Waals surface area contributed by atoms with Crippen LogP contribution in [0.1, 0.15) is 22.4 Å². The van der Waals surface area contributed by atoms with E-state index in [1.54, 1.807) is 6.07 Å². The number of hydrogen-bond donors (Lipinski definition) is 2. The molecule has 0 bridgehead atoms. The number of fused-ring (bicyclic) bond motifs is 1. The SMILES string of the molecule is FC(F)(F)Cc1cc2c(N[C@H]3CCN(Cc4ccccc4)C[C@@H]3NCc3ccccc3)ncnc2s1. The molecule has 188 valence electrons. The lowest BCUT2D eigenvalue weighted by Crippen LogP contribution is -2.55. The Balaban J connectivity index is 1.34. The van der Waals surface area contributed by atoms with Crippen LogP contribution in [0, 0.1) is 0 Å². The van der Waals surface area contributed by atoms with Crippen molar-refractivity contribution in [3.05, 3.63) is 89.1 Å². The second kappa shape index (κ2) is 10.9. The Labute approximate surface area is 212 Å². The molecule has 1 aliphatic rings. The molecule has 36 heavy (non-hydrogen) atoms. The third kappa shape index (κ3) is 6.40. The number of piperidine rings is 1. The molecule has 0 radical (unpaired) electrons. The van der Waals surface area contributed by atoms with E-state index in [0.717, 1.165) is 43.9 Å². The molecule has 1 saturated heterocycles. The van der Waals surface area contributed by atoms with Crippen molar-refractivity contribution in [2.75, 3.05) is 18.4 Å². The molecule has 5 nitrogen and oxygen atoms in total. The number of alkyl halides is 3. The summed E-state index contributed by atoms with van der Waals surface area (Å²) in [5, 5.41) is 7.92. The topological polar surface area (TPSA) is 53.1 Å². The highest BCUT2D eigenvalue weighted by atomic mass is 32.1. The van der Waals surface area contributed by atoms with Gasteiger partial charge in [0, 0.05) is 43.1 Å². The van der Waals surface area contributed by atoms with Crippen molar-refractivity contribution >= 4 is 27.4 Å². The van der Waals surface area contributed by atoms with Crippen LogP contribution >= 0.6 is 11.3 Å². The number of hydrogen-bond acceptors (Lipinski definition) is 6. The first kappa shape index (κ1) is 24.7. The van der Waals surface area contributed by atoms with Crippen LogP contribution in [-0.2, 0) is 19.5 Å².